The summed E-state index contributed by atoms with van der Waals surface area (Å²) in [5.41, 5.74) is 6.77. The van der Waals surface area contributed by atoms with E-state index in [1.807, 2.05) is 0 Å². The number of rotatable bonds is 4. The molecule has 32 heavy (non-hydrogen) atoms. The Balaban J connectivity index is 1.94. The van der Waals surface area contributed by atoms with E-state index in [0.717, 1.165) is 33.9 Å². The fraction of sp³-hybridized carbons (Fsp3) is 0.571. The number of hydrogen-bond acceptors (Lipinski definition) is 3. The van der Waals surface area contributed by atoms with Crippen LogP contribution in [0, 0.1) is 38.5 Å². The minimum atomic E-state index is -1.53. The molecule has 1 fully saturated rings. The van der Waals surface area contributed by atoms with Crippen molar-refractivity contribution in [2.45, 2.75) is 86.7 Å². The van der Waals surface area contributed by atoms with Crippen LogP contribution < -0.4 is 4.52 Å². The summed E-state index contributed by atoms with van der Waals surface area (Å²) in [7, 11) is -1.53. The average molecular weight is 455 g/mol. The summed E-state index contributed by atoms with van der Waals surface area (Å²) >= 11 is 0. The predicted octanol–water partition coefficient (Wildman–Crippen LogP) is 9.23. The van der Waals surface area contributed by atoms with Crippen molar-refractivity contribution in [2.24, 2.45) is 17.8 Å². The second kappa shape index (κ2) is 9.27. The van der Waals surface area contributed by atoms with E-state index in [-0.39, 0.29) is 6.10 Å². The number of aryl methyl sites for hydroxylation is 3. The summed E-state index contributed by atoms with van der Waals surface area (Å²) in [6.45, 7) is 17.9. The van der Waals surface area contributed by atoms with Crippen molar-refractivity contribution < 1.29 is 12.9 Å². The molecule has 0 radical (unpaired) electrons. The number of fused-ring (bicyclic) bond motifs is 3. The van der Waals surface area contributed by atoms with Crippen molar-refractivity contribution in [3.63, 3.8) is 0 Å². The minimum absolute atomic E-state index is 0.177. The fourth-order valence-electron chi connectivity index (χ4n) is 5.44. The van der Waals surface area contributed by atoms with Crippen molar-refractivity contribution in [2.75, 3.05) is 0 Å². The van der Waals surface area contributed by atoms with Crippen LogP contribution in [0.4, 0.5) is 0 Å². The first-order chi connectivity index (χ1) is 15.1. The molecule has 0 bridgehead atoms. The summed E-state index contributed by atoms with van der Waals surface area (Å²) in [5.74, 6) is 2.27. The third kappa shape index (κ3) is 4.66. The van der Waals surface area contributed by atoms with Crippen LogP contribution in [0.2, 0.25) is 0 Å². The van der Waals surface area contributed by atoms with Gasteiger partial charge in [-0.25, -0.2) is 0 Å². The lowest BCUT2D eigenvalue weighted by atomic mass is 9.75. The van der Waals surface area contributed by atoms with Crippen LogP contribution in [0.5, 0.6) is 0 Å². The van der Waals surface area contributed by atoms with Crippen molar-refractivity contribution >= 4 is 30.2 Å². The first-order valence-corrected chi connectivity index (χ1v) is 13.3. The molecular weight excluding hydrogens is 415 g/mol. The summed E-state index contributed by atoms with van der Waals surface area (Å²) in [4.78, 5) is 0. The van der Waals surface area contributed by atoms with E-state index < -0.39 is 8.24 Å². The molecule has 0 aliphatic heterocycles. The Bertz CT molecular complexity index is 1160. The number of benzene rings is 2. The maximum absolute atomic E-state index is 6.69. The highest BCUT2D eigenvalue weighted by Crippen LogP contribution is 2.42. The molecule has 4 rings (SSSR count). The molecule has 0 saturated heterocycles. The van der Waals surface area contributed by atoms with Crippen LogP contribution in [0.15, 0.2) is 32.7 Å². The molecule has 1 aliphatic rings. The largest absolute Gasteiger partial charge is 0.399 e. The van der Waals surface area contributed by atoms with Crippen LogP contribution in [0.25, 0.3) is 21.9 Å². The Morgan fingerprint density at radius 3 is 2.34 bits per heavy atom. The Morgan fingerprint density at radius 1 is 0.906 bits per heavy atom. The summed E-state index contributed by atoms with van der Waals surface area (Å²) < 4.78 is 19.8. The first-order valence-electron chi connectivity index (χ1n) is 12.2. The van der Waals surface area contributed by atoms with Gasteiger partial charge in [-0.15, -0.1) is 0 Å². The molecule has 4 unspecified atom stereocenters. The summed E-state index contributed by atoms with van der Waals surface area (Å²) in [6, 6.07) is 8.90. The summed E-state index contributed by atoms with van der Waals surface area (Å²) in [5, 5.41) is 2.23. The molecule has 0 spiro atoms. The van der Waals surface area contributed by atoms with Crippen LogP contribution in [0.3, 0.4) is 0 Å². The highest BCUT2D eigenvalue weighted by molar-refractivity contribution is 7.31. The molecule has 3 nitrogen and oxygen atoms in total. The SMILES string of the molecule is Cc1cc(C)c2op(OC3CC(C)CCC3C(C)C)oc3cc(C)c(C(C)C)cc3c2c1. The number of hydrogen-bond donors (Lipinski definition) is 0. The zero-order valence-electron chi connectivity index (χ0n) is 21.0. The third-order valence-electron chi connectivity index (χ3n) is 7.22. The molecular formula is C28H39O3P. The van der Waals surface area contributed by atoms with Gasteiger partial charge in [0, 0.05) is 10.8 Å². The van der Waals surface area contributed by atoms with E-state index >= 15 is 0 Å². The Morgan fingerprint density at radius 2 is 1.66 bits per heavy atom. The molecule has 2 aromatic carbocycles. The van der Waals surface area contributed by atoms with Gasteiger partial charge in [-0.3, -0.25) is 4.52 Å². The summed E-state index contributed by atoms with van der Waals surface area (Å²) in [6.07, 6.45) is 3.75. The molecule has 1 aromatic heterocycles. The maximum Gasteiger partial charge on any atom is 0.387 e. The lowest BCUT2D eigenvalue weighted by Gasteiger charge is -2.35. The zero-order valence-corrected chi connectivity index (χ0v) is 21.9. The van der Waals surface area contributed by atoms with E-state index in [0.29, 0.717) is 23.7 Å². The van der Waals surface area contributed by atoms with Gasteiger partial charge in [0.05, 0.1) is 6.10 Å². The van der Waals surface area contributed by atoms with Gasteiger partial charge in [0.2, 0.25) is 0 Å². The van der Waals surface area contributed by atoms with E-state index in [9.17, 15) is 0 Å². The molecule has 4 heteroatoms. The van der Waals surface area contributed by atoms with Crippen molar-refractivity contribution in [1.29, 1.82) is 0 Å². The Hall–Kier alpha value is -1.70. The fourth-order valence-corrected chi connectivity index (χ4v) is 6.73. The van der Waals surface area contributed by atoms with Crippen molar-refractivity contribution in [3.8, 4) is 0 Å². The van der Waals surface area contributed by atoms with Crippen molar-refractivity contribution in [1.82, 2.24) is 0 Å². The zero-order chi connectivity index (χ0) is 23.2. The van der Waals surface area contributed by atoms with Crippen LogP contribution >= 0.6 is 8.24 Å². The molecule has 1 saturated carbocycles. The smallest absolute Gasteiger partial charge is 0.387 e. The maximum atomic E-state index is 6.69. The molecule has 1 heterocycles. The molecule has 1 aliphatic carbocycles. The van der Waals surface area contributed by atoms with Crippen LogP contribution in [-0.2, 0) is 0 Å². The lowest BCUT2D eigenvalue weighted by Crippen LogP contribution is -2.35. The van der Waals surface area contributed by atoms with Gasteiger partial charge in [-0.1, -0.05) is 47.1 Å². The molecule has 174 valence electrons. The standard InChI is InChI=1S/C28H39O3P/c1-16(2)22-10-9-18(5)13-26(22)29-32-30-27-14-20(7)23(17(3)4)15-24(27)25-12-19(6)11-21(8)28(25)31-32/h11-12,14-18,22,26H,9-10,13H2,1-8H3. The average Bonchev–Trinajstić information content (AvgIpc) is 2.83. The van der Waals surface area contributed by atoms with E-state index in [1.54, 1.807) is 0 Å². The highest BCUT2D eigenvalue weighted by atomic mass is 31.1. The predicted molar refractivity (Wildman–Crippen MR) is 136 cm³/mol. The molecule has 4 atom stereocenters. The Labute approximate surface area is 194 Å². The third-order valence-corrected chi connectivity index (χ3v) is 8.34. The van der Waals surface area contributed by atoms with E-state index in [1.165, 1.54) is 29.5 Å². The van der Waals surface area contributed by atoms with Crippen LogP contribution in [-0.4, -0.2) is 6.10 Å². The van der Waals surface area contributed by atoms with Gasteiger partial charge in [-0.2, -0.15) is 0 Å². The van der Waals surface area contributed by atoms with Gasteiger partial charge in [0.15, 0.2) is 0 Å². The normalized spacial score (nSPS) is 22.3. The second-order valence-electron chi connectivity index (χ2n) is 10.7. The molecule has 0 N–H and O–H groups in total. The quantitative estimate of drug-likeness (QED) is 0.394. The van der Waals surface area contributed by atoms with Crippen LogP contribution in [0.1, 0.15) is 82.1 Å². The topological polar surface area (TPSA) is 35.5 Å². The monoisotopic (exact) mass is 454 g/mol. The van der Waals surface area contributed by atoms with Gasteiger partial charge in [0.1, 0.15) is 11.2 Å². The Kier molecular flexibility index (Phi) is 6.80. The molecule has 0 amide bonds. The van der Waals surface area contributed by atoms with Crippen molar-refractivity contribution in [3.05, 3.63) is 46.5 Å². The van der Waals surface area contributed by atoms with E-state index in [4.69, 9.17) is 12.9 Å². The highest BCUT2D eigenvalue weighted by Gasteiger charge is 2.33. The van der Waals surface area contributed by atoms with Gasteiger partial charge in [0.25, 0.3) is 0 Å². The first kappa shape index (κ1) is 23.5. The molecule has 3 aromatic rings. The lowest BCUT2D eigenvalue weighted by molar-refractivity contribution is 0.0746. The minimum Gasteiger partial charge on any atom is -0.399 e. The second-order valence-corrected chi connectivity index (χ2v) is 11.7. The van der Waals surface area contributed by atoms with Gasteiger partial charge in [-0.05, 0) is 97.7 Å². The van der Waals surface area contributed by atoms with E-state index in [2.05, 4.69) is 79.7 Å². The van der Waals surface area contributed by atoms with Gasteiger partial charge < -0.3 is 8.39 Å². The van der Waals surface area contributed by atoms with Gasteiger partial charge >= 0.3 is 8.24 Å².